The number of hydrogen-bond acceptors (Lipinski definition) is 4. The van der Waals surface area contributed by atoms with Gasteiger partial charge in [0, 0.05) is 31.7 Å². The van der Waals surface area contributed by atoms with Crippen LogP contribution >= 0.6 is 0 Å². The van der Waals surface area contributed by atoms with Gasteiger partial charge in [-0.3, -0.25) is 14.4 Å². The molecule has 2 fully saturated rings. The van der Waals surface area contributed by atoms with Crippen LogP contribution in [-0.4, -0.2) is 66.0 Å². The lowest BCUT2D eigenvalue weighted by Gasteiger charge is -2.35. The zero-order chi connectivity index (χ0) is 19.1. The average molecular weight is 360 g/mol. The van der Waals surface area contributed by atoms with Gasteiger partial charge in [-0.2, -0.15) is 0 Å². The fraction of sp³-hybridized carbons (Fsp3) is 0.526. The van der Waals surface area contributed by atoms with E-state index in [1.807, 2.05) is 13.8 Å². The summed E-state index contributed by atoms with van der Waals surface area (Å²) in [6.07, 6.45) is 0. The van der Waals surface area contributed by atoms with E-state index in [9.17, 15) is 19.5 Å². The predicted molar refractivity (Wildman–Crippen MR) is 93.9 cm³/mol. The van der Waals surface area contributed by atoms with Crippen LogP contribution in [-0.2, 0) is 9.59 Å². The van der Waals surface area contributed by atoms with Crippen molar-refractivity contribution in [3.63, 3.8) is 0 Å². The standard InChI is InChI=1S/C19H24N2O5/c1-19(2)14(15(19)18(24)25)17(23)21-10-8-20(9-11-21)16(22)12-4-6-13(26-3)7-5-12/h4-7,14-15H,8-11H2,1-3H3,(H,24,25)/t14-,15+/m0/s1. The van der Waals surface area contributed by atoms with Crippen LogP contribution in [0, 0.1) is 17.3 Å². The number of carbonyl (C=O) groups excluding carboxylic acids is 2. The second-order valence-electron chi connectivity index (χ2n) is 7.46. The van der Waals surface area contributed by atoms with Crippen LogP contribution in [0.1, 0.15) is 24.2 Å². The number of rotatable bonds is 4. The number of aliphatic carboxylic acids is 1. The molecule has 1 aliphatic heterocycles. The lowest BCUT2D eigenvalue weighted by atomic mass is 10.1. The summed E-state index contributed by atoms with van der Waals surface area (Å²) in [6.45, 7) is 5.39. The normalized spacial score (nSPS) is 24.1. The molecule has 1 aliphatic carbocycles. The highest BCUT2D eigenvalue weighted by molar-refractivity contribution is 5.95. The minimum atomic E-state index is -0.915. The van der Waals surface area contributed by atoms with Gasteiger partial charge in [-0.25, -0.2) is 0 Å². The minimum absolute atomic E-state index is 0.0742. The van der Waals surface area contributed by atoms with Gasteiger partial charge in [-0.1, -0.05) is 13.8 Å². The molecule has 1 saturated heterocycles. The van der Waals surface area contributed by atoms with Crippen molar-refractivity contribution in [2.75, 3.05) is 33.3 Å². The highest BCUT2D eigenvalue weighted by Gasteiger charge is 2.66. The predicted octanol–water partition coefficient (Wildman–Crippen LogP) is 1.34. The number of hydrogen-bond donors (Lipinski definition) is 1. The Hall–Kier alpha value is -2.57. The Morgan fingerprint density at radius 3 is 2.00 bits per heavy atom. The molecule has 0 spiro atoms. The SMILES string of the molecule is COc1ccc(C(=O)N2CCN(C(=O)[C@@H]3[C@H](C(=O)O)C3(C)C)CC2)cc1. The Labute approximate surface area is 152 Å². The first-order valence-electron chi connectivity index (χ1n) is 8.72. The topological polar surface area (TPSA) is 87.2 Å². The monoisotopic (exact) mass is 360 g/mol. The quantitative estimate of drug-likeness (QED) is 0.875. The van der Waals surface area contributed by atoms with Crippen LogP contribution in [0.25, 0.3) is 0 Å². The van der Waals surface area contributed by atoms with Crippen LogP contribution in [0.2, 0.25) is 0 Å². The van der Waals surface area contributed by atoms with Crippen molar-refractivity contribution in [3.8, 4) is 5.75 Å². The molecule has 0 bridgehead atoms. The van der Waals surface area contributed by atoms with Crippen molar-refractivity contribution >= 4 is 17.8 Å². The van der Waals surface area contributed by atoms with Crippen molar-refractivity contribution < 1.29 is 24.2 Å². The lowest BCUT2D eigenvalue weighted by Crippen LogP contribution is -2.51. The summed E-state index contributed by atoms with van der Waals surface area (Å²) >= 11 is 0. The van der Waals surface area contributed by atoms with Gasteiger partial charge in [0.2, 0.25) is 5.91 Å². The zero-order valence-corrected chi connectivity index (χ0v) is 15.3. The molecule has 0 radical (unpaired) electrons. The number of carboxylic acids is 1. The number of benzene rings is 1. The molecule has 1 saturated carbocycles. The second kappa shape index (κ2) is 6.63. The number of nitrogens with zero attached hydrogens (tertiary/aromatic N) is 2. The van der Waals surface area contributed by atoms with Crippen LogP contribution < -0.4 is 4.74 Å². The van der Waals surface area contributed by atoms with Gasteiger partial charge >= 0.3 is 5.97 Å². The van der Waals surface area contributed by atoms with E-state index < -0.39 is 23.2 Å². The largest absolute Gasteiger partial charge is 0.497 e. The van der Waals surface area contributed by atoms with E-state index in [0.717, 1.165) is 0 Å². The first-order valence-corrected chi connectivity index (χ1v) is 8.72. The highest BCUT2D eigenvalue weighted by Crippen LogP contribution is 2.59. The Morgan fingerprint density at radius 2 is 1.54 bits per heavy atom. The van der Waals surface area contributed by atoms with Gasteiger partial charge in [0.25, 0.3) is 5.91 Å². The Balaban J connectivity index is 1.58. The summed E-state index contributed by atoms with van der Waals surface area (Å²) in [5.74, 6) is -1.50. The third-order valence-electron chi connectivity index (χ3n) is 5.57. The summed E-state index contributed by atoms with van der Waals surface area (Å²) in [7, 11) is 1.57. The fourth-order valence-corrected chi connectivity index (χ4v) is 3.80. The van der Waals surface area contributed by atoms with Gasteiger partial charge in [0.15, 0.2) is 0 Å². The Bertz CT molecular complexity index is 720. The Kier molecular flexibility index (Phi) is 4.64. The molecule has 0 unspecified atom stereocenters. The molecule has 1 aromatic rings. The molecule has 2 atom stereocenters. The summed E-state index contributed by atoms with van der Waals surface area (Å²) in [4.78, 5) is 39.9. The molecule has 2 amide bonds. The third kappa shape index (κ3) is 3.13. The van der Waals surface area contributed by atoms with Crippen molar-refractivity contribution in [1.29, 1.82) is 0 Å². The van der Waals surface area contributed by atoms with Crippen LogP contribution in [0.4, 0.5) is 0 Å². The molecule has 1 heterocycles. The molecule has 2 aliphatic rings. The number of carbonyl (C=O) groups is 3. The molecule has 1 N–H and O–H groups in total. The lowest BCUT2D eigenvalue weighted by molar-refractivity contribution is -0.142. The first kappa shape index (κ1) is 18.2. The summed E-state index contributed by atoms with van der Waals surface area (Å²) in [5.41, 5.74) is 0.0822. The molecule has 0 aromatic heterocycles. The van der Waals surface area contributed by atoms with Crippen molar-refractivity contribution in [3.05, 3.63) is 29.8 Å². The summed E-state index contributed by atoms with van der Waals surface area (Å²) < 4.78 is 5.09. The van der Waals surface area contributed by atoms with Gasteiger partial charge in [-0.15, -0.1) is 0 Å². The molecule has 7 nitrogen and oxygen atoms in total. The van der Waals surface area contributed by atoms with E-state index in [0.29, 0.717) is 37.5 Å². The van der Waals surface area contributed by atoms with E-state index >= 15 is 0 Å². The van der Waals surface area contributed by atoms with Crippen molar-refractivity contribution in [2.24, 2.45) is 17.3 Å². The molecular formula is C19H24N2O5. The molecule has 7 heteroatoms. The molecule has 3 rings (SSSR count). The van der Waals surface area contributed by atoms with Gasteiger partial charge in [-0.05, 0) is 29.7 Å². The number of carboxylic acid groups (broad SMARTS) is 1. The third-order valence-corrected chi connectivity index (χ3v) is 5.57. The second-order valence-corrected chi connectivity index (χ2v) is 7.46. The maximum Gasteiger partial charge on any atom is 0.307 e. The number of piperazine rings is 1. The fourth-order valence-electron chi connectivity index (χ4n) is 3.80. The smallest absolute Gasteiger partial charge is 0.307 e. The maximum atomic E-state index is 12.7. The van der Waals surface area contributed by atoms with Crippen LogP contribution in [0.3, 0.4) is 0 Å². The molecular weight excluding hydrogens is 336 g/mol. The Morgan fingerprint density at radius 1 is 1.00 bits per heavy atom. The van der Waals surface area contributed by atoms with E-state index in [1.165, 1.54) is 0 Å². The minimum Gasteiger partial charge on any atom is -0.497 e. The number of amides is 2. The number of methoxy groups -OCH3 is 1. The van der Waals surface area contributed by atoms with Gasteiger partial charge in [0.05, 0.1) is 18.9 Å². The summed E-state index contributed by atoms with van der Waals surface area (Å²) in [6, 6.07) is 6.94. The van der Waals surface area contributed by atoms with E-state index in [-0.39, 0.29) is 11.8 Å². The van der Waals surface area contributed by atoms with Crippen LogP contribution in [0.5, 0.6) is 5.75 Å². The highest BCUT2D eigenvalue weighted by atomic mass is 16.5. The molecule has 26 heavy (non-hydrogen) atoms. The summed E-state index contributed by atoms with van der Waals surface area (Å²) in [5, 5.41) is 9.25. The molecule has 140 valence electrons. The van der Waals surface area contributed by atoms with Gasteiger partial charge in [0.1, 0.15) is 5.75 Å². The maximum absolute atomic E-state index is 12.7. The van der Waals surface area contributed by atoms with E-state index in [2.05, 4.69) is 0 Å². The van der Waals surface area contributed by atoms with E-state index in [1.54, 1.807) is 41.2 Å². The first-order chi connectivity index (χ1) is 12.3. The molecule has 1 aromatic carbocycles. The van der Waals surface area contributed by atoms with E-state index in [4.69, 9.17) is 4.74 Å². The van der Waals surface area contributed by atoms with Crippen LogP contribution in [0.15, 0.2) is 24.3 Å². The number of ether oxygens (including phenoxy) is 1. The van der Waals surface area contributed by atoms with Gasteiger partial charge < -0.3 is 19.6 Å². The average Bonchev–Trinajstić information content (AvgIpc) is 3.23. The van der Waals surface area contributed by atoms with Crippen molar-refractivity contribution in [1.82, 2.24) is 9.80 Å². The zero-order valence-electron chi connectivity index (χ0n) is 15.3. The van der Waals surface area contributed by atoms with Crippen molar-refractivity contribution in [2.45, 2.75) is 13.8 Å².